The predicted octanol–water partition coefficient (Wildman–Crippen LogP) is -3.07. The predicted molar refractivity (Wildman–Crippen MR) is 221 cm³/mol. The third-order valence-corrected chi connectivity index (χ3v) is 169. The Labute approximate surface area is 321 Å². The van der Waals surface area contributed by atoms with Crippen LogP contribution in [0.15, 0.2) is 0 Å². The van der Waals surface area contributed by atoms with Crippen LogP contribution in [0, 0.1) is 0 Å². The SMILES string of the molecule is S=[S-](=S)S(=S)(=S)S(=S)(=S)S(=S)(=S)S(=S)(=S)S(=S)(=S)S(=S)(=S)S(=S)(=S)S(=S)(=S)[S-](=S)=S.[K+]. The fraction of sp³-hybridized carbons (Fsp3) is 0. The molecule has 0 aliphatic carbocycles. The fourth-order valence-electron chi connectivity index (χ4n) is 0.748. The van der Waals surface area contributed by atoms with Gasteiger partial charge in [0, 0.05) is 31.3 Å². The van der Waals surface area contributed by atoms with E-state index >= 15 is 0 Å². The molecule has 31 heavy (non-hydrogen) atoms. The van der Waals surface area contributed by atoms with Crippen LogP contribution in [0.1, 0.15) is 0 Å². The maximum absolute atomic E-state index is 5.72. The second-order valence-electron chi connectivity index (χ2n) is 3.67. The standard InChI is InChI=1S/K.S30/c;1-21(2)23(5,6)25(9,10)27(13,14)29(17,18)30(19,20)28(15,16)26(11,12)24(7,8)22(3)4/q+1;-2. The van der Waals surface area contributed by atoms with E-state index in [1.54, 1.807) is 0 Å². The summed E-state index contributed by atoms with van der Waals surface area (Å²) in [5, 5.41) is -24.5. The maximum atomic E-state index is 5.72. The van der Waals surface area contributed by atoms with Crippen LogP contribution in [-0.4, -0.2) is 0 Å². The molecule has 0 saturated heterocycles. The Kier molecular flexibility index (Phi) is 20.0. The summed E-state index contributed by atoms with van der Waals surface area (Å²) in [7, 11) is -2.68. The minimum Gasteiger partial charge on any atom is -0.271 e. The zero-order valence-electron chi connectivity index (χ0n) is 13.2. The van der Waals surface area contributed by atoms with E-state index in [1.807, 2.05) is 0 Å². The molecule has 0 aromatic carbocycles. The molecule has 0 bridgehead atoms. The molecule has 0 heterocycles. The van der Waals surface area contributed by atoms with Gasteiger partial charge in [-0.05, 0) is 134 Å². The number of rotatable bonds is 9. The summed E-state index contributed by atoms with van der Waals surface area (Å²) in [6.07, 6.45) is 0. The minimum atomic E-state index is -3.25. The van der Waals surface area contributed by atoms with E-state index in [4.69, 9.17) is 224 Å². The average Bonchev–Trinajstić information content (AvgIpc) is 2.52. The van der Waals surface area contributed by atoms with Crippen LogP contribution in [0.25, 0.3) is 0 Å². The van der Waals surface area contributed by atoms with Crippen LogP contribution in [0.4, 0.5) is 0 Å². The first-order chi connectivity index (χ1) is 12.6. The molecule has 0 aromatic heterocycles. The zero-order valence-corrected chi connectivity index (χ0v) is 40.9. The molecule has 0 fully saturated rings. The molecule has 0 saturated carbocycles. The van der Waals surface area contributed by atoms with Gasteiger partial charge in [0.05, 0.1) is 0 Å². The van der Waals surface area contributed by atoms with Crippen molar-refractivity contribution in [2.75, 3.05) is 0 Å². The van der Waals surface area contributed by atoms with Gasteiger partial charge in [0.15, 0.2) is 0 Å². The smallest absolute Gasteiger partial charge is 0.271 e. The van der Waals surface area contributed by atoms with E-state index in [-0.39, 0.29) is 51.4 Å². The molecule has 0 aromatic rings. The van der Waals surface area contributed by atoms with Crippen molar-refractivity contribution in [3.63, 3.8) is 0 Å². The largest absolute Gasteiger partial charge is 1.00 e. The van der Waals surface area contributed by atoms with Crippen LogP contribution < -0.4 is 51.4 Å². The first-order valence-corrected chi connectivity index (χ1v) is 43.5. The molecule has 31 heteroatoms. The molecule has 0 rings (SSSR count). The Morgan fingerprint density at radius 3 is 0.548 bits per heavy atom. The van der Waals surface area contributed by atoms with Gasteiger partial charge in [0.2, 0.25) is 0 Å². The molecule has 0 aliphatic heterocycles. The van der Waals surface area contributed by atoms with Gasteiger partial charge in [0.1, 0.15) is 0 Å². The molecule has 0 nitrogen and oxygen atoms in total. The van der Waals surface area contributed by atoms with Crippen molar-refractivity contribution in [1.82, 2.24) is 0 Å². The quantitative estimate of drug-likeness (QED) is 0.131. The van der Waals surface area contributed by atoms with Gasteiger partial charge in [-0.25, -0.2) is 44.8 Å². The van der Waals surface area contributed by atoms with Crippen molar-refractivity contribution in [3.05, 3.63) is 0 Å². The summed E-state index contributed by atoms with van der Waals surface area (Å²) in [4.78, 5) is 0. The van der Waals surface area contributed by atoms with Crippen molar-refractivity contribution < 1.29 is 51.4 Å². The Morgan fingerprint density at radius 2 is 0.419 bits per heavy atom. The van der Waals surface area contributed by atoms with E-state index in [0.717, 1.165) is 0 Å². The Balaban J connectivity index is 0. The molecule has 0 atom stereocenters. The van der Waals surface area contributed by atoms with Gasteiger partial charge in [-0.1, -0.05) is 55.2 Å². The maximum Gasteiger partial charge on any atom is 1.00 e. The van der Waals surface area contributed by atoms with Crippen LogP contribution in [0.5, 0.6) is 0 Å². The Bertz CT molecular complexity index is 1620. The molecule has 0 amide bonds. The van der Waals surface area contributed by atoms with Gasteiger partial charge < -0.3 is 0 Å². The van der Waals surface area contributed by atoms with Crippen molar-refractivity contribution in [2.24, 2.45) is 0 Å². The van der Waals surface area contributed by atoms with Gasteiger partial charge in [-0.15, -0.1) is 0 Å². The summed E-state index contributed by atoms with van der Waals surface area (Å²) < 4.78 is 0. The van der Waals surface area contributed by atoms with E-state index in [1.165, 1.54) is 0 Å². The fourth-order valence-corrected chi connectivity index (χ4v) is 182. The van der Waals surface area contributed by atoms with Crippen molar-refractivity contribution in [1.29, 1.82) is 0 Å². The summed E-state index contributed by atoms with van der Waals surface area (Å²) in [5.41, 5.74) is 0. The molecule has 0 unspecified atom stereocenters. The summed E-state index contributed by atoms with van der Waals surface area (Å²) >= 11 is 110. The van der Waals surface area contributed by atoms with Gasteiger partial charge in [-0.2, -0.15) is 0 Å². The normalized spacial score (nSPS) is 15.4. The summed E-state index contributed by atoms with van der Waals surface area (Å²) in [5.74, 6) is 0. The third kappa shape index (κ3) is 7.79. The van der Waals surface area contributed by atoms with Crippen LogP contribution in [-0.2, 0) is 280 Å². The minimum absolute atomic E-state index is 0. The molecule has 0 aliphatic rings. The number of hydrogen-bond acceptors (Lipinski definition) is 22. The first kappa shape index (κ1) is 42.7. The first-order valence-electron chi connectivity index (χ1n) is 4.83. The van der Waals surface area contributed by atoms with Gasteiger partial charge in [-0.3, -0.25) is 14.1 Å². The van der Waals surface area contributed by atoms with Crippen LogP contribution in [0.2, 0.25) is 0 Å². The van der Waals surface area contributed by atoms with E-state index in [0.29, 0.717) is 0 Å². The zero-order chi connectivity index (χ0) is 25.2. The van der Waals surface area contributed by atoms with Crippen LogP contribution in [0.3, 0.4) is 0 Å². The van der Waals surface area contributed by atoms with Crippen molar-refractivity contribution >= 4 is 280 Å². The van der Waals surface area contributed by atoms with E-state index < -0.39 is 55.8 Å². The molecular formula is KS30-. The molecule has 182 valence electrons. The second kappa shape index (κ2) is 14.5. The monoisotopic (exact) mass is 998 g/mol. The molecule has 0 radical (unpaired) electrons. The van der Waals surface area contributed by atoms with E-state index in [2.05, 4.69) is 0 Å². The Hall–Kier alpha value is 9.54. The molecule has 0 spiro atoms. The molecule has 0 N–H and O–H groups in total. The topological polar surface area (TPSA) is 0 Å². The van der Waals surface area contributed by atoms with Crippen LogP contribution >= 0.6 is 0 Å². The summed E-state index contributed by atoms with van der Waals surface area (Å²) in [6.45, 7) is 0. The second-order valence-corrected chi connectivity index (χ2v) is 99.2. The Morgan fingerprint density at radius 1 is 0.290 bits per heavy atom. The van der Waals surface area contributed by atoms with E-state index in [9.17, 15) is 0 Å². The average molecular weight is 1000 g/mol. The van der Waals surface area contributed by atoms with Crippen molar-refractivity contribution in [2.45, 2.75) is 0 Å². The number of hydrogen-bond donors (Lipinski definition) is 0. The van der Waals surface area contributed by atoms with Crippen molar-refractivity contribution in [3.8, 4) is 0 Å². The van der Waals surface area contributed by atoms with Gasteiger partial charge in [0.25, 0.3) is 0 Å². The van der Waals surface area contributed by atoms with Gasteiger partial charge >= 0.3 is 51.4 Å². The third-order valence-electron chi connectivity index (χ3n) is 2.08. The molecular weight excluding hydrogens is 1000 g/mol. The summed E-state index contributed by atoms with van der Waals surface area (Å²) in [6, 6.07) is 0.